The lowest BCUT2D eigenvalue weighted by Gasteiger charge is -2.40. The molecule has 12 heavy (non-hydrogen) atoms. The summed E-state index contributed by atoms with van der Waals surface area (Å²) in [5, 5.41) is 0. The monoisotopic (exact) mass is 169 g/mol. The molecule has 0 spiro atoms. The molecule has 0 aromatic carbocycles. The molecule has 1 fully saturated rings. The summed E-state index contributed by atoms with van der Waals surface area (Å²) < 4.78 is 0. The Bertz CT molecular complexity index is 131. The summed E-state index contributed by atoms with van der Waals surface area (Å²) in [6.07, 6.45) is 4.20. The maximum absolute atomic E-state index is 2.63. The van der Waals surface area contributed by atoms with Crippen LogP contribution in [0.3, 0.4) is 0 Å². The van der Waals surface area contributed by atoms with Crippen LogP contribution >= 0.6 is 0 Å². The summed E-state index contributed by atoms with van der Waals surface area (Å²) in [5.74, 6) is 0.995. The highest BCUT2D eigenvalue weighted by atomic mass is 15.2. The van der Waals surface area contributed by atoms with Crippen LogP contribution in [0.5, 0.6) is 0 Å². The Morgan fingerprint density at radius 1 is 1.42 bits per heavy atom. The summed E-state index contributed by atoms with van der Waals surface area (Å²) >= 11 is 0. The summed E-state index contributed by atoms with van der Waals surface area (Å²) in [6, 6.07) is 1.54. The van der Waals surface area contributed by atoms with E-state index in [1.807, 2.05) is 0 Å². The molecule has 1 nitrogen and oxygen atoms in total. The van der Waals surface area contributed by atoms with E-state index in [1.165, 1.54) is 25.8 Å². The van der Waals surface area contributed by atoms with Crippen molar-refractivity contribution in [2.75, 3.05) is 6.54 Å². The fourth-order valence-corrected chi connectivity index (χ4v) is 2.43. The van der Waals surface area contributed by atoms with Crippen LogP contribution in [0, 0.1) is 5.92 Å². The molecule has 0 aliphatic carbocycles. The van der Waals surface area contributed by atoms with E-state index in [-0.39, 0.29) is 0 Å². The number of hydrogen-bond donors (Lipinski definition) is 0. The molecule has 0 aromatic rings. The van der Waals surface area contributed by atoms with Gasteiger partial charge in [0.05, 0.1) is 0 Å². The van der Waals surface area contributed by atoms with Crippen LogP contribution in [-0.2, 0) is 0 Å². The van der Waals surface area contributed by atoms with Crippen LogP contribution < -0.4 is 0 Å². The third kappa shape index (κ3) is 2.22. The third-order valence-electron chi connectivity index (χ3n) is 3.28. The molecule has 1 saturated heterocycles. The minimum absolute atomic E-state index is 0.734. The Labute approximate surface area is 77.1 Å². The molecule has 0 amide bonds. The van der Waals surface area contributed by atoms with Crippen molar-refractivity contribution in [1.29, 1.82) is 0 Å². The molecule has 2 atom stereocenters. The van der Waals surface area contributed by atoms with Crippen LogP contribution in [0.25, 0.3) is 0 Å². The van der Waals surface area contributed by atoms with Gasteiger partial charge in [0.25, 0.3) is 0 Å². The predicted octanol–water partition coefficient (Wildman–Crippen LogP) is 2.91. The van der Waals surface area contributed by atoms with Crippen molar-refractivity contribution in [3.8, 4) is 0 Å². The fraction of sp³-hybridized carbons (Fsp3) is 1.00. The summed E-state index contributed by atoms with van der Waals surface area (Å²) in [4.78, 5) is 2.63. The van der Waals surface area contributed by atoms with Crippen molar-refractivity contribution < 1.29 is 0 Å². The molecule has 1 heteroatoms. The van der Waals surface area contributed by atoms with Crippen molar-refractivity contribution >= 4 is 0 Å². The second-order valence-electron chi connectivity index (χ2n) is 4.48. The number of nitrogens with zero attached hydrogens (tertiary/aromatic N) is 1. The van der Waals surface area contributed by atoms with Gasteiger partial charge in [-0.25, -0.2) is 0 Å². The van der Waals surface area contributed by atoms with Crippen molar-refractivity contribution in [3.63, 3.8) is 0 Å². The smallest absolute Gasteiger partial charge is 0.00722 e. The van der Waals surface area contributed by atoms with Gasteiger partial charge in [0.2, 0.25) is 0 Å². The summed E-state index contributed by atoms with van der Waals surface area (Å²) in [6.45, 7) is 10.6. The second kappa shape index (κ2) is 4.27. The first kappa shape index (κ1) is 10.0. The van der Waals surface area contributed by atoms with E-state index in [9.17, 15) is 0 Å². The molecule has 0 radical (unpaired) electrons. The fourth-order valence-electron chi connectivity index (χ4n) is 2.43. The van der Waals surface area contributed by atoms with Gasteiger partial charge in [-0.15, -0.1) is 0 Å². The Morgan fingerprint density at radius 3 is 2.50 bits per heavy atom. The highest BCUT2D eigenvalue weighted by Crippen LogP contribution is 2.26. The Hall–Kier alpha value is -0.0400. The van der Waals surface area contributed by atoms with Crippen LogP contribution in [0.2, 0.25) is 0 Å². The van der Waals surface area contributed by atoms with E-state index in [4.69, 9.17) is 0 Å². The maximum Gasteiger partial charge on any atom is 0.00722 e. The first-order valence-corrected chi connectivity index (χ1v) is 5.40. The highest BCUT2D eigenvalue weighted by Gasteiger charge is 2.25. The van der Waals surface area contributed by atoms with Gasteiger partial charge in [-0.3, -0.25) is 4.90 Å². The van der Waals surface area contributed by atoms with Crippen LogP contribution in [-0.4, -0.2) is 23.5 Å². The lowest BCUT2D eigenvalue weighted by Crippen LogP contribution is -2.44. The van der Waals surface area contributed by atoms with Gasteiger partial charge in [-0.2, -0.15) is 0 Å². The van der Waals surface area contributed by atoms with Gasteiger partial charge in [0, 0.05) is 12.1 Å². The highest BCUT2D eigenvalue weighted by molar-refractivity contribution is 4.80. The molecule has 0 bridgehead atoms. The topological polar surface area (TPSA) is 3.24 Å². The SMILES string of the molecule is CCC1CCN(C(C)C)C(C)C1. The largest absolute Gasteiger partial charge is 0.298 e. The predicted molar refractivity (Wildman–Crippen MR) is 54.3 cm³/mol. The van der Waals surface area contributed by atoms with E-state index in [1.54, 1.807) is 0 Å². The number of hydrogen-bond acceptors (Lipinski definition) is 1. The number of rotatable bonds is 2. The zero-order valence-corrected chi connectivity index (χ0v) is 9.01. The lowest BCUT2D eigenvalue weighted by atomic mass is 9.89. The molecule has 1 aliphatic rings. The first-order chi connectivity index (χ1) is 5.65. The van der Waals surface area contributed by atoms with E-state index in [0.717, 1.165) is 18.0 Å². The van der Waals surface area contributed by atoms with Gasteiger partial charge in [0.1, 0.15) is 0 Å². The quantitative estimate of drug-likeness (QED) is 0.614. The van der Waals surface area contributed by atoms with Crippen molar-refractivity contribution in [1.82, 2.24) is 4.90 Å². The third-order valence-corrected chi connectivity index (χ3v) is 3.28. The number of piperidine rings is 1. The number of likely N-dealkylation sites (tertiary alicyclic amines) is 1. The Kier molecular flexibility index (Phi) is 3.57. The van der Waals surface area contributed by atoms with E-state index in [2.05, 4.69) is 32.6 Å². The lowest BCUT2D eigenvalue weighted by molar-refractivity contribution is 0.0907. The zero-order chi connectivity index (χ0) is 9.14. The second-order valence-corrected chi connectivity index (χ2v) is 4.48. The molecular formula is C11H23N. The molecule has 0 aromatic heterocycles. The van der Waals surface area contributed by atoms with Crippen molar-refractivity contribution in [3.05, 3.63) is 0 Å². The summed E-state index contributed by atoms with van der Waals surface area (Å²) in [5.41, 5.74) is 0. The molecule has 0 saturated carbocycles. The van der Waals surface area contributed by atoms with Crippen LogP contribution in [0.4, 0.5) is 0 Å². The first-order valence-electron chi connectivity index (χ1n) is 5.40. The molecular weight excluding hydrogens is 146 g/mol. The van der Waals surface area contributed by atoms with Crippen molar-refractivity contribution in [2.24, 2.45) is 5.92 Å². The van der Waals surface area contributed by atoms with E-state index < -0.39 is 0 Å². The van der Waals surface area contributed by atoms with Crippen LogP contribution in [0.15, 0.2) is 0 Å². The van der Waals surface area contributed by atoms with Crippen molar-refractivity contribution in [2.45, 2.75) is 59.0 Å². The molecule has 1 heterocycles. The molecule has 72 valence electrons. The van der Waals surface area contributed by atoms with E-state index in [0.29, 0.717) is 0 Å². The standard InChI is InChI=1S/C11H23N/c1-5-11-6-7-12(9(2)3)10(4)8-11/h9-11H,5-8H2,1-4H3. The van der Waals surface area contributed by atoms with Gasteiger partial charge >= 0.3 is 0 Å². The minimum Gasteiger partial charge on any atom is -0.298 e. The minimum atomic E-state index is 0.734. The van der Waals surface area contributed by atoms with Crippen LogP contribution in [0.1, 0.15) is 47.0 Å². The van der Waals surface area contributed by atoms with Gasteiger partial charge in [-0.05, 0) is 46.1 Å². The maximum atomic E-state index is 2.63. The molecule has 0 N–H and O–H groups in total. The van der Waals surface area contributed by atoms with Gasteiger partial charge in [0.15, 0.2) is 0 Å². The van der Waals surface area contributed by atoms with Gasteiger partial charge < -0.3 is 0 Å². The Balaban J connectivity index is 2.42. The molecule has 1 aliphatic heterocycles. The molecule has 2 unspecified atom stereocenters. The molecule has 1 rings (SSSR count). The average Bonchev–Trinajstić information content (AvgIpc) is 2.03. The average molecular weight is 169 g/mol. The Morgan fingerprint density at radius 2 is 2.08 bits per heavy atom. The van der Waals surface area contributed by atoms with E-state index >= 15 is 0 Å². The normalized spacial score (nSPS) is 32.8. The van der Waals surface area contributed by atoms with Gasteiger partial charge in [-0.1, -0.05) is 13.3 Å². The zero-order valence-electron chi connectivity index (χ0n) is 9.01. The summed E-state index contributed by atoms with van der Waals surface area (Å²) in [7, 11) is 0.